The van der Waals surface area contributed by atoms with Crippen molar-refractivity contribution in [3.63, 3.8) is 0 Å². The van der Waals surface area contributed by atoms with Gasteiger partial charge in [0.2, 0.25) is 0 Å². The Balaban J connectivity index is 2.51. The molecule has 1 fully saturated rings. The predicted molar refractivity (Wildman–Crippen MR) is 72.8 cm³/mol. The number of allylic oxidation sites excluding steroid dienone is 3. The minimum absolute atomic E-state index is 0.109. The topological polar surface area (TPSA) is 20.2 Å². The monoisotopic (exact) mass is 234 g/mol. The quantitative estimate of drug-likeness (QED) is 0.673. The van der Waals surface area contributed by atoms with Crippen LogP contribution in [0, 0.1) is 10.8 Å². The van der Waals surface area contributed by atoms with Gasteiger partial charge in [0.25, 0.3) is 0 Å². The zero-order valence-corrected chi connectivity index (χ0v) is 11.9. The average Bonchev–Trinajstić information content (AvgIpc) is 2.14. The molecule has 1 heteroatoms. The van der Waals surface area contributed by atoms with E-state index in [1.54, 1.807) is 5.57 Å². The minimum Gasteiger partial charge on any atom is -0.389 e. The second kappa shape index (κ2) is 3.98. The summed E-state index contributed by atoms with van der Waals surface area (Å²) in [6.07, 6.45) is 6.89. The largest absolute Gasteiger partial charge is 0.389 e. The van der Waals surface area contributed by atoms with Crippen molar-refractivity contribution in [1.82, 2.24) is 0 Å². The van der Waals surface area contributed by atoms with Gasteiger partial charge in [-0.2, -0.15) is 0 Å². The minimum atomic E-state index is -0.308. The third-order valence-electron chi connectivity index (χ3n) is 4.89. The summed E-state index contributed by atoms with van der Waals surface area (Å²) < 4.78 is 0. The van der Waals surface area contributed by atoms with Crippen LogP contribution in [0.25, 0.3) is 0 Å². The lowest BCUT2D eigenvalue weighted by Gasteiger charge is -2.50. The van der Waals surface area contributed by atoms with Gasteiger partial charge in [0.15, 0.2) is 0 Å². The molecule has 0 aromatic rings. The van der Waals surface area contributed by atoms with Crippen LogP contribution in [0.2, 0.25) is 0 Å². The van der Waals surface area contributed by atoms with Crippen LogP contribution in [0.5, 0.6) is 0 Å². The lowest BCUT2D eigenvalue weighted by Crippen LogP contribution is -2.40. The maximum Gasteiger partial charge on any atom is 0.0733 e. The summed E-state index contributed by atoms with van der Waals surface area (Å²) in [7, 11) is 0. The molecule has 1 N–H and O–H groups in total. The fourth-order valence-electron chi connectivity index (χ4n) is 4.34. The zero-order valence-electron chi connectivity index (χ0n) is 11.9. The molecule has 17 heavy (non-hydrogen) atoms. The highest BCUT2D eigenvalue weighted by Crippen LogP contribution is 2.57. The van der Waals surface area contributed by atoms with Crippen molar-refractivity contribution in [3.8, 4) is 0 Å². The Morgan fingerprint density at radius 1 is 1.24 bits per heavy atom. The van der Waals surface area contributed by atoms with Crippen LogP contribution in [0.1, 0.15) is 60.3 Å². The zero-order chi connectivity index (χ0) is 12.8. The summed E-state index contributed by atoms with van der Waals surface area (Å²) in [4.78, 5) is 0. The van der Waals surface area contributed by atoms with Crippen LogP contribution < -0.4 is 0 Å². The summed E-state index contributed by atoms with van der Waals surface area (Å²) in [5, 5.41) is 10.1. The van der Waals surface area contributed by atoms with Gasteiger partial charge in [-0.05, 0) is 44.1 Å². The number of fused-ring (bicyclic) bond motifs is 1. The summed E-state index contributed by atoms with van der Waals surface area (Å²) >= 11 is 0. The molecule has 0 aromatic carbocycles. The SMILES string of the molecule is CC1=C(C(C)O)C2(C)CCCC(C)(C)C2=CC1. The van der Waals surface area contributed by atoms with E-state index in [1.807, 2.05) is 6.92 Å². The highest BCUT2D eigenvalue weighted by atomic mass is 16.3. The Labute approximate surface area is 106 Å². The molecule has 0 bridgehead atoms. The Morgan fingerprint density at radius 2 is 1.88 bits per heavy atom. The molecule has 2 rings (SSSR count). The van der Waals surface area contributed by atoms with Crippen molar-refractivity contribution in [2.75, 3.05) is 0 Å². The van der Waals surface area contributed by atoms with Crippen LogP contribution in [-0.2, 0) is 0 Å². The standard InChI is InChI=1S/C16H26O/c1-11-7-8-13-15(3,4)9-6-10-16(13,5)14(11)12(2)17/h8,12,17H,6-7,9-10H2,1-5H3. The summed E-state index contributed by atoms with van der Waals surface area (Å²) in [6.45, 7) is 11.2. The van der Waals surface area contributed by atoms with Crippen molar-refractivity contribution in [2.45, 2.75) is 66.4 Å². The first-order valence-corrected chi connectivity index (χ1v) is 6.88. The van der Waals surface area contributed by atoms with E-state index in [0.717, 1.165) is 6.42 Å². The van der Waals surface area contributed by atoms with E-state index < -0.39 is 0 Å². The molecular formula is C16H26O. The third-order valence-corrected chi connectivity index (χ3v) is 4.89. The van der Waals surface area contributed by atoms with Crippen molar-refractivity contribution in [2.24, 2.45) is 10.8 Å². The van der Waals surface area contributed by atoms with Gasteiger partial charge in [-0.1, -0.05) is 44.4 Å². The van der Waals surface area contributed by atoms with E-state index in [2.05, 4.69) is 33.8 Å². The molecule has 0 aliphatic heterocycles. The normalized spacial score (nSPS) is 34.1. The maximum absolute atomic E-state index is 10.1. The molecule has 0 saturated heterocycles. The number of aliphatic hydroxyl groups excluding tert-OH is 1. The first-order chi connectivity index (χ1) is 7.79. The molecule has 96 valence electrons. The molecule has 2 atom stereocenters. The molecule has 0 spiro atoms. The Bertz CT molecular complexity index is 384. The first kappa shape index (κ1) is 12.9. The van der Waals surface area contributed by atoms with Gasteiger partial charge in [0.1, 0.15) is 0 Å². The summed E-state index contributed by atoms with van der Waals surface area (Å²) in [5.41, 5.74) is 4.65. The number of rotatable bonds is 1. The lowest BCUT2D eigenvalue weighted by atomic mass is 9.54. The molecule has 0 aromatic heterocycles. The molecule has 0 heterocycles. The van der Waals surface area contributed by atoms with E-state index in [9.17, 15) is 5.11 Å². The fourth-order valence-corrected chi connectivity index (χ4v) is 4.34. The third kappa shape index (κ3) is 1.89. The van der Waals surface area contributed by atoms with Gasteiger partial charge < -0.3 is 5.11 Å². The van der Waals surface area contributed by atoms with Gasteiger partial charge in [-0.15, -0.1) is 0 Å². The molecular weight excluding hydrogens is 208 g/mol. The van der Waals surface area contributed by atoms with Crippen LogP contribution in [0.4, 0.5) is 0 Å². The van der Waals surface area contributed by atoms with E-state index in [4.69, 9.17) is 0 Å². The molecule has 2 aliphatic carbocycles. The molecule has 0 amide bonds. The van der Waals surface area contributed by atoms with Crippen molar-refractivity contribution in [3.05, 3.63) is 22.8 Å². The highest BCUT2D eigenvalue weighted by Gasteiger charge is 2.46. The average molecular weight is 234 g/mol. The van der Waals surface area contributed by atoms with Gasteiger partial charge in [0.05, 0.1) is 6.10 Å². The van der Waals surface area contributed by atoms with Gasteiger partial charge in [-0.25, -0.2) is 0 Å². The second-order valence-electron chi connectivity index (χ2n) is 6.76. The van der Waals surface area contributed by atoms with Gasteiger partial charge in [0, 0.05) is 5.41 Å². The van der Waals surface area contributed by atoms with E-state index in [0.29, 0.717) is 5.41 Å². The fraction of sp³-hybridized carbons (Fsp3) is 0.750. The van der Waals surface area contributed by atoms with Crippen LogP contribution in [0.3, 0.4) is 0 Å². The van der Waals surface area contributed by atoms with E-state index in [-0.39, 0.29) is 11.5 Å². The van der Waals surface area contributed by atoms with Gasteiger partial charge in [-0.3, -0.25) is 0 Å². The molecule has 2 aliphatic rings. The molecule has 1 saturated carbocycles. The summed E-state index contributed by atoms with van der Waals surface area (Å²) in [5.74, 6) is 0. The number of hydrogen-bond acceptors (Lipinski definition) is 1. The Morgan fingerprint density at radius 3 is 2.47 bits per heavy atom. The molecule has 1 nitrogen and oxygen atoms in total. The van der Waals surface area contributed by atoms with Crippen molar-refractivity contribution < 1.29 is 5.11 Å². The van der Waals surface area contributed by atoms with E-state index in [1.165, 1.54) is 30.4 Å². The van der Waals surface area contributed by atoms with Gasteiger partial charge >= 0.3 is 0 Å². The smallest absolute Gasteiger partial charge is 0.0733 e. The van der Waals surface area contributed by atoms with Crippen LogP contribution in [-0.4, -0.2) is 11.2 Å². The maximum atomic E-state index is 10.1. The molecule has 0 radical (unpaired) electrons. The number of hydrogen-bond donors (Lipinski definition) is 1. The van der Waals surface area contributed by atoms with Crippen LogP contribution >= 0.6 is 0 Å². The second-order valence-corrected chi connectivity index (χ2v) is 6.76. The Kier molecular flexibility index (Phi) is 3.02. The molecule has 2 unspecified atom stereocenters. The van der Waals surface area contributed by atoms with Crippen molar-refractivity contribution in [1.29, 1.82) is 0 Å². The lowest BCUT2D eigenvalue weighted by molar-refractivity contribution is 0.159. The predicted octanol–water partition coefficient (Wildman–Crippen LogP) is 4.23. The summed E-state index contributed by atoms with van der Waals surface area (Å²) in [6, 6.07) is 0. The number of aliphatic hydroxyl groups is 1. The van der Waals surface area contributed by atoms with E-state index >= 15 is 0 Å². The first-order valence-electron chi connectivity index (χ1n) is 6.88. The van der Waals surface area contributed by atoms with Crippen molar-refractivity contribution >= 4 is 0 Å². The highest BCUT2D eigenvalue weighted by molar-refractivity contribution is 5.42. The van der Waals surface area contributed by atoms with Crippen LogP contribution in [0.15, 0.2) is 22.8 Å². The Hall–Kier alpha value is -0.560.